The van der Waals surface area contributed by atoms with Crippen LogP contribution in [0.25, 0.3) is 0 Å². The lowest BCUT2D eigenvalue weighted by Crippen LogP contribution is -2.22. The van der Waals surface area contributed by atoms with Crippen molar-refractivity contribution in [3.63, 3.8) is 0 Å². The van der Waals surface area contributed by atoms with Crippen LogP contribution in [0.1, 0.15) is 5.56 Å². The van der Waals surface area contributed by atoms with Crippen molar-refractivity contribution in [1.82, 2.24) is 0 Å². The molecule has 0 aromatic heterocycles. The average molecular weight is 300 g/mol. The van der Waals surface area contributed by atoms with E-state index >= 15 is 0 Å². The van der Waals surface area contributed by atoms with Gasteiger partial charge in [-0.05, 0) is 29.8 Å². The predicted molar refractivity (Wildman–Crippen MR) is 85.0 cm³/mol. The maximum absolute atomic E-state index is 10.7. The fourth-order valence-electron chi connectivity index (χ4n) is 1.81. The van der Waals surface area contributed by atoms with E-state index < -0.39 is 4.92 Å². The van der Waals surface area contributed by atoms with E-state index in [9.17, 15) is 10.1 Å². The normalized spacial score (nSPS) is 11.0. The van der Waals surface area contributed by atoms with Crippen molar-refractivity contribution >= 4 is 17.3 Å². The highest BCUT2D eigenvalue weighted by atomic mass is 16.6. The van der Waals surface area contributed by atoms with Gasteiger partial charge in [-0.25, -0.2) is 4.99 Å². The SMILES string of the molecule is COc1ccc(NC(N)=NCc2cccc([N+](=O)[O-])c2)cc1. The van der Waals surface area contributed by atoms with Crippen LogP contribution in [-0.4, -0.2) is 18.0 Å². The van der Waals surface area contributed by atoms with Gasteiger partial charge in [0.15, 0.2) is 5.96 Å². The Hall–Kier alpha value is -3.09. The molecule has 7 heteroatoms. The van der Waals surface area contributed by atoms with Crippen molar-refractivity contribution < 1.29 is 9.66 Å². The molecular weight excluding hydrogens is 284 g/mol. The molecule has 3 N–H and O–H groups in total. The summed E-state index contributed by atoms with van der Waals surface area (Å²) in [5.41, 5.74) is 7.33. The fraction of sp³-hybridized carbons (Fsp3) is 0.133. The first-order valence-corrected chi connectivity index (χ1v) is 6.53. The fourth-order valence-corrected chi connectivity index (χ4v) is 1.81. The third kappa shape index (κ3) is 4.20. The molecule has 0 aliphatic heterocycles. The van der Waals surface area contributed by atoms with Crippen LogP contribution in [0.5, 0.6) is 5.75 Å². The van der Waals surface area contributed by atoms with Crippen LogP contribution >= 0.6 is 0 Å². The number of nitrogens with one attached hydrogen (secondary N) is 1. The first-order valence-electron chi connectivity index (χ1n) is 6.53. The van der Waals surface area contributed by atoms with Crippen molar-refractivity contribution in [3.8, 4) is 5.75 Å². The standard InChI is InChI=1S/C15H16N4O3/c1-22-14-7-5-12(6-8-14)18-15(16)17-10-11-3-2-4-13(9-11)19(20)21/h2-9H,10H2,1H3,(H3,16,17,18). The lowest BCUT2D eigenvalue weighted by molar-refractivity contribution is -0.384. The van der Waals surface area contributed by atoms with Crippen LogP contribution in [-0.2, 0) is 6.54 Å². The molecule has 2 rings (SSSR count). The number of hydrogen-bond acceptors (Lipinski definition) is 4. The number of nitro benzene ring substituents is 1. The number of rotatable bonds is 5. The minimum absolute atomic E-state index is 0.0365. The molecule has 0 radical (unpaired) electrons. The van der Waals surface area contributed by atoms with Gasteiger partial charge in [0, 0.05) is 17.8 Å². The summed E-state index contributed by atoms with van der Waals surface area (Å²) in [5.74, 6) is 0.981. The van der Waals surface area contributed by atoms with Crippen LogP contribution in [0.3, 0.4) is 0 Å². The topological polar surface area (TPSA) is 103 Å². The molecule has 0 amide bonds. The van der Waals surface area contributed by atoms with Gasteiger partial charge in [-0.1, -0.05) is 12.1 Å². The second-order valence-electron chi connectivity index (χ2n) is 4.48. The van der Waals surface area contributed by atoms with Gasteiger partial charge in [0.2, 0.25) is 0 Å². The Morgan fingerprint density at radius 1 is 1.32 bits per heavy atom. The molecule has 0 aliphatic carbocycles. The number of ether oxygens (including phenoxy) is 1. The molecule has 0 unspecified atom stereocenters. The van der Waals surface area contributed by atoms with Gasteiger partial charge in [-0.15, -0.1) is 0 Å². The Labute approximate surface area is 127 Å². The van der Waals surface area contributed by atoms with Crippen molar-refractivity contribution in [1.29, 1.82) is 0 Å². The molecule has 0 atom stereocenters. The van der Waals surface area contributed by atoms with Crippen LogP contribution < -0.4 is 15.8 Å². The zero-order valence-electron chi connectivity index (χ0n) is 12.0. The van der Waals surface area contributed by atoms with Gasteiger partial charge < -0.3 is 15.8 Å². The lowest BCUT2D eigenvalue weighted by Gasteiger charge is -2.06. The number of aliphatic imine (C=N–C) groups is 1. The molecule has 7 nitrogen and oxygen atoms in total. The van der Waals surface area contributed by atoms with E-state index in [2.05, 4.69) is 10.3 Å². The van der Waals surface area contributed by atoms with Crippen LogP contribution in [0, 0.1) is 10.1 Å². The number of nitrogens with two attached hydrogens (primary N) is 1. The molecule has 0 aliphatic rings. The zero-order valence-corrected chi connectivity index (χ0v) is 12.0. The zero-order chi connectivity index (χ0) is 15.9. The molecule has 2 aromatic carbocycles. The average Bonchev–Trinajstić information content (AvgIpc) is 2.54. The molecule has 0 fully saturated rings. The minimum atomic E-state index is -0.438. The second kappa shape index (κ2) is 7.07. The Bertz CT molecular complexity index is 683. The summed E-state index contributed by atoms with van der Waals surface area (Å²) in [6.45, 7) is 0.261. The number of nitro groups is 1. The maximum atomic E-state index is 10.7. The number of anilines is 1. The monoisotopic (exact) mass is 300 g/mol. The van der Waals surface area contributed by atoms with E-state index in [0.717, 1.165) is 11.4 Å². The summed E-state index contributed by atoms with van der Waals surface area (Å²) >= 11 is 0. The first kappa shape index (κ1) is 15.3. The largest absolute Gasteiger partial charge is 0.497 e. The van der Waals surface area contributed by atoms with Gasteiger partial charge in [0.05, 0.1) is 18.6 Å². The highest BCUT2D eigenvalue weighted by Crippen LogP contribution is 2.15. The van der Waals surface area contributed by atoms with Gasteiger partial charge in [0.1, 0.15) is 5.75 Å². The summed E-state index contributed by atoms with van der Waals surface area (Å²) in [4.78, 5) is 14.4. The summed E-state index contributed by atoms with van der Waals surface area (Å²) in [7, 11) is 1.59. The quantitative estimate of drug-likeness (QED) is 0.382. The van der Waals surface area contributed by atoms with E-state index in [1.807, 2.05) is 12.1 Å². The van der Waals surface area contributed by atoms with Crippen LogP contribution in [0.4, 0.5) is 11.4 Å². The van der Waals surface area contributed by atoms with Gasteiger partial charge in [0.25, 0.3) is 5.69 Å². The maximum Gasteiger partial charge on any atom is 0.269 e. The Balaban J connectivity index is 1.99. The molecule has 22 heavy (non-hydrogen) atoms. The van der Waals surface area contributed by atoms with Crippen molar-refractivity contribution in [3.05, 3.63) is 64.2 Å². The summed E-state index contributed by atoms with van der Waals surface area (Å²) in [6, 6.07) is 13.5. The smallest absolute Gasteiger partial charge is 0.269 e. The van der Waals surface area contributed by atoms with Crippen molar-refractivity contribution in [2.24, 2.45) is 10.7 Å². The highest BCUT2D eigenvalue weighted by Gasteiger charge is 2.05. The van der Waals surface area contributed by atoms with E-state index in [-0.39, 0.29) is 18.2 Å². The Morgan fingerprint density at radius 2 is 2.05 bits per heavy atom. The molecule has 0 heterocycles. The Morgan fingerprint density at radius 3 is 2.68 bits per heavy atom. The first-order chi connectivity index (χ1) is 10.6. The van der Waals surface area contributed by atoms with E-state index in [4.69, 9.17) is 10.5 Å². The van der Waals surface area contributed by atoms with Gasteiger partial charge in [-0.3, -0.25) is 10.1 Å². The Kier molecular flexibility index (Phi) is 4.92. The number of benzene rings is 2. The van der Waals surface area contributed by atoms with E-state index in [1.165, 1.54) is 12.1 Å². The van der Waals surface area contributed by atoms with E-state index in [0.29, 0.717) is 5.56 Å². The number of hydrogen-bond donors (Lipinski definition) is 2. The third-order valence-electron chi connectivity index (χ3n) is 2.92. The number of guanidine groups is 1. The highest BCUT2D eigenvalue weighted by molar-refractivity contribution is 5.92. The number of methoxy groups -OCH3 is 1. The van der Waals surface area contributed by atoms with E-state index in [1.54, 1.807) is 31.4 Å². The molecule has 0 saturated heterocycles. The second-order valence-corrected chi connectivity index (χ2v) is 4.48. The summed E-state index contributed by atoms with van der Waals surface area (Å²) in [5, 5.41) is 13.6. The molecule has 114 valence electrons. The lowest BCUT2D eigenvalue weighted by atomic mass is 10.2. The van der Waals surface area contributed by atoms with Crippen molar-refractivity contribution in [2.45, 2.75) is 6.54 Å². The number of non-ortho nitro benzene ring substituents is 1. The van der Waals surface area contributed by atoms with Crippen LogP contribution in [0.2, 0.25) is 0 Å². The molecule has 0 bridgehead atoms. The van der Waals surface area contributed by atoms with Crippen molar-refractivity contribution in [2.75, 3.05) is 12.4 Å². The third-order valence-corrected chi connectivity index (χ3v) is 2.92. The molecule has 0 saturated carbocycles. The minimum Gasteiger partial charge on any atom is -0.497 e. The van der Waals surface area contributed by atoms with Crippen LogP contribution in [0.15, 0.2) is 53.5 Å². The molecule has 2 aromatic rings. The summed E-state index contributed by atoms with van der Waals surface area (Å²) in [6.07, 6.45) is 0. The number of nitrogens with zero attached hydrogens (tertiary/aromatic N) is 2. The predicted octanol–water partition coefficient (Wildman–Crippen LogP) is 2.53. The molecule has 0 spiro atoms. The summed E-state index contributed by atoms with van der Waals surface area (Å²) < 4.78 is 5.07. The van der Waals surface area contributed by atoms with Gasteiger partial charge >= 0.3 is 0 Å². The molecular formula is C15H16N4O3. The van der Waals surface area contributed by atoms with Gasteiger partial charge in [-0.2, -0.15) is 0 Å².